The number of piperidine rings is 1. The topological polar surface area (TPSA) is 89.8 Å². The molecule has 0 spiro atoms. The van der Waals surface area contributed by atoms with Gasteiger partial charge in [-0.2, -0.15) is 5.26 Å². The molecule has 2 fully saturated rings. The Hall–Kier alpha value is -3.90. The molecule has 2 saturated heterocycles. The fraction of sp³-hybridized carbons (Fsp3) is 0.419. The van der Waals surface area contributed by atoms with Gasteiger partial charge in [0, 0.05) is 62.2 Å². The van der Waals surface area contributed by atoms with Gasteiger partial charge in [0.15, 0.2) is 0 Å². The summed E-state index contributed by atoms with van der Waals surface area (Å²) in [6.07, 6.45) is 6.56. The van der Waals surface area contributed by atoms with Crippen LogP contribution in [0, 0.1) is 17.2 Å². The number of nitriles is 1. The highest BCUT2D eigenvalue weighted by Gasteiger charge is 2.43. The van der Waals surface area contributed by atoms with Crippen molar-refractivity contribution in [1.29, 1.82) is 5.26 Å². The Morgan fingerprint density at radius 2 is 1.95 bits per heavy atom. The normalized spacial score (nSPS) is 22.7. The molecule has 0 N–H and O–H groups in total. The molecular weight excluding hydrogens is 545 g/mol. The molecule has 10 heteroatoms. The lowest BCUT2D eigenvalue weighted by Gasteiger charge is -2.34. The Morgan fingerprint density at radius 1 is 1.20 bits per heavy atom. The lowest BCUT2D eigenvalue weighted by Crippen LogP contribution is -2.46. The number of likely N-dealkylation sites (N-methyl/N-ethyl adjacent to an activating group) is 1. The Bertz CT molecular complexity index is 1370. The molecule has 5 rings (SSSR count). The first-order chi connectivity index (χ1) is 19.9. The Balaban J connectivity index is 1.29. The zero-order chi connectivity index (χ0) is 28.9. The Kier molecular flexibility index (Phi) is 8.89. The maximum atomic E-state index is 13.8. The Morgan fingerprint density at radius 3 is 2.61 bits per heavy atom. The third kappa shape index (κ3) is 6.54. The van der Waals surface area contributed by atoms with E-state index < -0.39 is 12.2 Å². The first-order valence-electron chi connectivity index (χ1n) is 14.0. The zero-order valence-corrected chi connectivity index (χ0v) is 23.7. The predicted molar refractivity (Wildman–Crippen MR) is 154 cm³/mol. The molecule has 214 valence electrons. The number of pyridine rings is 1. The van der Waals surface area contributed by atoms with E-state index in [2.05, 4.69) is 16.0 Å². The van der Waals surface area contributed by atoms with Crippen molar-refractivity contribution in [1.82, 2.24) is 14.8 Å². The number of ether oxygens (including phenoxy) is 1. The van der Waals surface area contributed by atoms with Gasteiger partial charge in [-0.1, -0.05) is 23.7 Å². The van der Waals surface area contributed by atoms with Gasteiger partial charge in [0.25, 0.3) is 0 Å². The number of anilines is 1. The number of likely N-dealkylation sites (tertiary alicyclic amines) is 1. The average Bonchev–Trinajstić information content (AvgIpc) is 3.43. The highest BCUT2D eigenvalue weighted by Crippen LogP contribution is 2.35. The minimum absolute atomic E-state index is 0.0881. The van der Waals surface area contributed by atoms with Crippen molar-refractivity contribution in [2.24, 2.45) is 5.92 Å². The van der Waals surface area contributed by atoms with Gasteiger partial charge < -0.3 is 19.4 Å². The SMILES string of the molecule is CCN(C(=O)OC1C=CC(F)=CC1)[C@@H]1CN(C(=O)C2CCN(c3cc(C#N)ccn3)CC2)C[C@H]1c1ccc(Cl)cc1. The van der Waals surface area contributed by atoms with E-state index in [9.17, 15) is 19.2 Å². The molecule has 1 aromatic carbocycles. The van der Waals surface area contributed by atoms with Crippen LogP contribution in [-0.4, -0.2) is 71.7 Å². The summed E-state index contributed by atoms with van der Waals surface area (Å²) < 4.78 is 19.1. The first kappa shape index (κ1) is 28.6. The lowest BCUT2D eigenvalue weighted by molar-refractivity contribution is -0.135. The zero-order valence-electron chi connectivity index (χ0n) is 23.0. The maximum absolute atomic E-state index is 13.8. The van der Waals surface area contributed by atoms with Gasteiger partial charge in [0.1, 0.15) is 17.7 Å². The molecule has 3 heterocycles. The highest BCUT2D eigenvalue weighted by atomic mass is 35.5. The predicted octanol–water partition coefficient (Wildman–Crippen LogP) is 5.46. The van der Waals surface area contributed by atoms with Crippen LogP contribution in [0.15, 0.2) is 66.6 Å². The summed E-state index contributed by atoms with van der Waals surface area (Å²) in [6, 6.07) is 12.9. The van der Waals surface area contributed by atoms with Crippen LogP contribution in [0.5, 0.6) is 0 Å². The molecule has 1 unspecified atom stereocenters. The molecule has 0 bridgehead atoms. The van der Waals surface area contributed by atoms with E-state index in [-0.39, 0.29) is 36.0 Å². The van der Waals surface area contributed by atoms with Gasteiger partial charge in [-0.05, 0) is 67.8 Å². The fourth-order valence-corrected chi connectivity index (χ4v) is 6.08. The van der Waals surface area contributed by atoms with Gasteiger partial charge in [-0.25, -0.2) is 14.2 Å². The average molecular weight is 578 g/mol. The van der Waals surface area contributed by atoms with Crippen LogP contribution in [0.3, 0.4) is 0 Å². The van der Waals surface area contributed by atoms with Crippen LogP contribution >= 0.6 is 11.6 Å². The summed E-state index contributed by atoms with van der Waals surface area (Å²) in [5.41, 5.74) is 1.56. The Labute approximate surface area is 244 Å². The number of rotatable bonds is 6. The summed E-state index contributed by atoms with van der Waals surface area (Å²) in [6.45, 7) is 4.53. The van der Waals surface area contributed by atoms with E-state index >= 15 is 0 Å². The van der Waals surface area contributed by atoms with Gasteiger partial charge in [0.05, 0.1) is 17.7 Å². The molecule has 2 amide bonds. The molecule has 2 aliphatic heterocycles. The molecular formula is C31H33ClFN5O3. The summed E-state index contributed by atoms with van der Waals surface area (Å²) in [5, 5.41) is 9.83. The third-order valence-corrected chi connectivity index (χ3v) is 8.44. The molecule has 41 heavy (non-hydrogen) atoms. The highest BCUT2D eigenvalue weighted by molar-refractivity contribution is 6.30. The second kappa shape index (κ2) is 12.7. The largest absolute Gasteiger partial charge is 0.442 e. The number of carbonyl (C=O) groups excluding carboxylic acids is 2. The standard InChI is InChI=1S/C31H33ClFN5O3/c1-2-38(31(40)41-26-9-7-25(33)8-10-26)28-20-37(19-27(28)22-3-5-24(32)6-4-22)30(39)23-12-15-36(16-13-23)29-17-21(18-34)11-14-35-29/h3-9,11,14,17,23,26-28H,2,10,12-13,15-16,19-20H2,1H3/t26?,27-,28+/m0/s1. The van der Waals surface area contributed by atoms with E-state index in [1.165, 1.54) is 12.2 Å². The number of benzene rings is 1. The van der Waals surface area contributed by atoms with Gasteiger partial charge in [-0.15, -0.1) is 0 Å². The van der Waals surface area contributed by atoms with Crippen LogP contribution < -0.4 is 4.90 Å². The molecule has 3 aliphatic rings. The lowest BCUT2D eigenvalue weighted by atomic mass is 9.93. The van der Waals surface area contributed by atoms with Crippen LogP contribution in [0.4, 0.5) is 15.0 Å². The van der Waals surface area contributed by atoms with Crippen molar-refractivity contribution in [2.75, 3.05) is 37.6 Å². The number of hydrogen-bond donors (Lipinski definition) is 0. The van der Waals surface area contributed by atoms with Crippen LogP contribution in [0.2, 0.25) is 5.02 Å². The number of nitrogens with zero attached hydrogens (tertiary/aromatic N) is 5. The first-order valence-corrected chi connectivity index (χ1v) is 14.4. The smallest absolute Gasteiger partial charge is 0.410 e. The van der Waals surface area contributed by atoms with Crippen molar-refractivity contribution in [3.05, 3.63) is 82.8 Å². The van der Waals surface area contributed by atoms with E-state index in [1.54, 1.807) is 29.3 Å². The summed E-state index contributed by atoms with van der Waals surface area (Å²) in [7, 11) is 0. The number of hydrogen-bond acceptors (Lipinski definition) is 6. The number of carbonyl (C=O) groups is 2. The van der Waals surface area contributed by atoms with E-state index in [0.29, 0.717) is 56.2 Å². The molecule has 3 atom stereocenters. The van der Waals surface area contributed by atoms with Crippen LogP contribution in [0.25, 0.3) is 0 Å². The molecule has 2 aromatic rings. The second-order valence-electron chi connectivity index (χ2n) is 10.6. The van der Waals surface area contributed by atoms with Crippen molar-refractivity contribution in [2.45, 2.75) is 44.2 Å². The van der Waals surface area contributed by atoms with Gasteiger partial charge >= 0.3 is 6.09 Å². The number of aromatic nitrogens is 1. The van der Waals surface area contributed by atoms with Crippen LogP contribution in [-0.2, 0) is 9.53 Å². The van der Waals surface area contributed by atoms with Crippen LogP contribution in [0.1, 0.15) is 43.2 Å². The van der Waals surface area contributed by atoms with Gasteiger partial charge in [0.2, 0.25) is 5.91 Å². The molecule has 8 nitrogen and oxygen atoms in total. The maximum Gasteiger partial charge on any atom is 0.410 e. The number of allylic oxidation sites excluding steroid dienone is 2. The summed E-state index contributed by atoms with van der Waals surface area (Å²) in [4.78, 5) is 37.2. The van der Waals surface area contributed by atoms with Crippen molar-refractivity contribution < 1.29 is 18.7 Å². The number of amides is 2. The third-order valence-electron chi connectivity index (χ3n) is 8.18. The summed E-state index contributed by atoms with van der Waals surface area (Å²) in [5.74, 6) is 0.259. The monoisotopic (exact) mass is 577 g/mol. The second-order valence-corrected chi connectivity index (χ2v) is 11.1. The number of halogens is 2. The quantitative estimate of drug-likeness (QED) is 0.453. The van der Waals surface area contributed by atoms with Gasteiger partial charge in [-0.3, -0.25) is 4.79 Å². The van der Waals surface area contributed by atoms with Crippen molar-refractivity contribution >= 4 is 29.4 Å². The van der Waals surface area contributed by atoms with E-state index in [0.717, 1.165) is 11.4 Å². The molecule has 0 saturated carbocycles. The summed E-state index contributed by atoms with van der Waals surface area (Å²) >= 11 is 6.16. The van der Waals surface area contributed by atoms with Crippen molar-refractivity contribution in [3.8, 4) is 6.07 Å². The molecule has 1 aromatic heterocycles. The minimum atomic E-state index is -0.530. The van der Waals surface area contributed by atoms with E-state index in [4.69, 9.17) is 16.3 Å². The minimum Gasteiger partial charge on any atom is -0.442 e. The molecule has 0 radical (unpaired) electrons. The van der Waals surface area contributed by atoms with Crippen molar-refractivity contribution in [3.63, 3.8) is 0 Å². The van der Waals surface area contributed by atoms with E-state index in [1.807, 2.05) is 36.1 Å². The molecule has 1 aliphatic carbocycles. The fourth-order valence-electron chi connectivity index (χ4n) is 5.95.